The normalized spacial score (nSPS) is 11.7. The van der Waals surface area contributed by atoms with Crippen LogP contribution < -0.4 is 11.1 Å². The summed E-state index contributed by atoms with van der Waals surface area (Å²) in [5.41, 5.74) is 5.27. The van der Waals surface area contributed by atoms with Gasteiger partial charge in [0.15, 0.2) is 0 Å². The number of thiophene rings is 1. The number of fused-ring (bicyclic) bond motifs is 1. The summed E-state index contributed by atoms with van der Waals surface area (Å²) >= 11 is 3.65. The molecule has 4 aromatic rings. The summed E-state index contributed by atoms with van der Waals surface area (Å²) in [6, 6.07) is 0.847. The lowest BCUT2D eigenvalue weighted by Gasteiger charge is -2.12. The molecule has 0 unspecified atom stereocenters. The van der Waals surface area contributed by atoms with Crippen molar-refractivity contribution < 1.29 is 27.7 Å². The fourth-order valence-electron chi connectivity index (χ4n) is 3.82. The Morgan fingerprint density at radius 1 is 1.32 bits per heavy atom. The minimum Gasteiger partial charge on any atom is -0.365 e. The Morgan fingerprint density at radius 2 is 2.03 bits per heavy atom. The number of nitro groups is 1. The average Bonchev–Trinajstić information content (AvgIpc) is 3.51. The van der Waals surface area contributed by atoms with E-state index in [0.29, 0.717) is 29.1 Å². The molecule has 0 aliphatic rings. The Bertz CT molecular complexity index is 1590. The van der Waals surface area contributed by atoms with E-state index in [2.05, 4.69) is 36.4 Å². The fraction of sp³-hybridized carbons (Fsp3) is 0.286. The van der Waals surface area contributed by atoms with E-state index in [1.54, 1.807) is 11.6 Å². The van der Waals surface area contributed by atoms with Crippen molar-refractivity contribution in [2.45, 2.75) is 39.5 Å². The topological polar surface area (TPSA) is 164 Å². The number of amides is 2. The van der Waals surface area contributed by atoms with E-state index in [1.165, 1.54) is 17.1 Å². The fourth-order valence-corrected chi connectivity index (χ4v) is 5.29. The van der Waals surface area contributed by atoms with Gasteiger partial charge in [-0.1, -0.05) is 0 Å². The molecular weight excluding hydrogens is 597 g/mol. The van der Waals surface area contributed by atoms with Crippen LogP contribution in [0.2, 0.25) is 0 Å². The van der Waals surface area contributed by atoms with Gasteiger partial charge in [-0.25, -0.2) is 4.98 Å². The maximum absolute atomic E-state index is 13.7. The van der Waals surface area contributed by atoms with Crippen LogP contribution in [0.3, 0.4) is 0 Å². The third-order valence-corrected chi connectivity index (χ3v) is 7.23. The van der Waals surface area contributed by atoms with E-state index in [0.717, 1.165) is 6.07 Å². The lowest BCUT2D eigenvalue weighted by atomic mass is 10.0. The summed E-state index contributed by atoms with van der Waals surface area (Å²) in [6.45, 7) is 3.92. The van der Waals surface area contributed by atoms with Gasteiger partial charge in [0.1, 0.15) is 19.9 Å². The van der Waals surface area contributed by atoms with Crippen molar-refractivity contribution in [3.8, 4) is 11.1 Å². The first-order valence-electron chi connectivity index (χ1n) is 10.9. The second-order valence-electron chi connectivity index (χ2n) is 7.98. The molecule has 4 aromatic heterocycles. The number of rotatable bonds is 8. The number of nitrogens with zero attached hydrogens (tertiary/aromatic N) is 6. The summed E-state index contributed by atoms with van der Waals surface area (Å²) in [4.78, 5) is 38.8. The Morgan fingerprint density at radius 3 is 2.58 bits per heavy atom. The Hall–Kier alpha value is -3.86. The molecule has 4 heterocycles. The molecule has 200 valence electrons. The van der Waals surface area contributed by atoms with E-state index in [-0.39, 0.29) is 43.8 Å². The highest BCUT2D eigenvalue weighted by atomic mass is 79.9. The van der Waals surface area contributed by atoms with Gasteiger partial charge in [0.2, 0.25) is 5.91 Å². The molecular formula is C21H18BrF3N8O4S. The number of nitrogens with one attached hydrogen (secondary N) is 1. The molecule has 0 spiro atoms. The van der Waals surface area contributed by atoms with Gasteiger partial charge in [-0.3, -0.25) is 14.3 Å². The van der Waals surface area contributed by atoms with Crippen LogP contribution in [0.4, 0.5) is 24.7 Å². The van der Waals surface area contributed by atoms with Gasteiger partial charge in [-0.05, 0) is 46.3 Å². The van der Waals surface area contributed by atoms with Crippen molar-refractivity contribution in [3.63, 3.8) is 0 Å². The average molecular weight is 615 g/mol. The van der Waals surface area contributed by atoms with Crippen LogP contribution in [0.1, 0.15) is 34.4 Å². The number of halogens is 4. The second-order valence-corrected chi connectivity index (χ2v) is 9.84. The monoisotopic (exact) mass is 614 g/mol. The number of primary amides is 1. The summed E-state index contributed by atoms with van der Waals surface area (Å²) in [5, 5.41) is 21.6. The molecule has 0 saturated heterocycles. The van der Waals surface area contributed by atoms with Gasteiger partial charge in [0.05, 0.1) is 29.7 Å². The Kier molecular flexibility index (Phi) is 7.24. The van der Waals surface area contributed by atoms with E-state index >= 15 is 0 Å². The molecule has 2 amide bonds. The highest BCUT2D eigenvalue weighted by molar-refractivity contribution is 9.10. The zero-order valence-electron chi connectivity index (χ0n) is 19.7. The maximum atomic E-state index is 13.7. The van der Waals surface area contributed by atoms with Crippen molar-refractivity contribution in [1.82, 2.24) is 24.5 Å². The molecule has 4 rings (SSSR count). The van der Waals surface area contributed by atoms with Crippen molar-refractivity contribution in [3.05, 3.63) is 49.3 Å². The van der Waals surface area contributed by atoms with E-state index in [1.807, 2.05) is 6.92 Å². The van der Waals surface area contributed by atoms with Crippen LogP contribution >= 0.6 is 27.3 Å². The summed E-state index contributed by atoms with van der Waals surface area (Å²) in [5.74, 6) is -2.02. The standard InChI is InChI=1S/C21H18BrF3N8O4S/c1-3-32-9(2)11(7-27-32)10-6-13(21(23,24)25)28-20-15(10)16(17(38-20)18(26)35)29-14(34)4-5-31-8-12(22)19(30-31)33(36)37/h6-8H,3-5H2,1-2H3,(H2,26,35)(H,29,34). The molecule has 0 bridgehead atoms. The van der Waals surface area contributed by atoms with Gasteiger partial charge < -0.3 is 21.2 Å². The highest BCUT2D eigenvalue weighted by Crippen LogP contribution is 2.44. The molecule has 12 nitrogen and oxygen atoms in total. The first-order valence-corrected chi connectivity index (χ1v) is 12.5. The van der Waals surface area contributed by atoms with Gasteiger partial charge in [0, 0.05) is 29.6 Å². The van der Waals surface area contributed by atoms with Gasteiger partial charge in [-0.2, -0.15) is 23.0 Å². The number of nitrogens with two attached hydrogens (primary N) is 1. The lowest BCUT2D eigenvalue weighted by Crippen LogP contribution is -2.18. The number of hydrogen-bond donors (Lipinski definition) is 2. The minimum absolute atomic E-state index is 0.0576. The van der Waals surface area contributed by atoms with Crippen LogP contribution in [0, 0.1) is 17.0 Å². The van der Waals surface area contributed by atoms with Crippen LogP contribution in [0.15, 0.2) is 22.9 Å². The lowest BCUT2D eigenvalue weighted by molar-refractivity contribution is -0.390. The Balaban J connectivity index is 1.79. The third-order valence-electron chi connectivity index (χ3n) is 5.57. The van der Waals surface area contributed by atoms with Crippen LogP contribution in [-0.4, -0.2) is 41.3 Å². The van der Waals surface area contributed by atoms with E-state index < -0.39 is 34.4 Å². The first kappa shape index (κ1) is 27.2. The molecule has 0 aliphatic heterocycles. The molecule has 0 fully saturated rings. The molecule has 0 saturated carbocycles. The third kappa shape index (κ3) is 5.10. The van der Waals surface area contributed by atoms with Crippen molar-refractivity contribution in [2.75, 3.05) is 5.32 Å². The predicted molar refractivity (Wildman–Crippen MR) is 135 cm³/mol. The molecule has 0 radical (unpaired) electrons. The van der Waals surface area contributed by atoms with Crippen LogP contribution in [0.25, 0.3) is 21.3 Å². The smallest absolute Gasteiger partial charge is 0.365 e. The van der Waals surface area contributed by atoms with Crippen LogP contribution in [0.5, 0.6) is 0 Å². The molecule has 0 atom stereocenters. The maximum Gasteiger partial charge on any atom is 0.433 e. The number of carbonyl (C=O) groups is 2. The predicted octanol–water partition coefficient (Wildman–Crippen LogP) is 4.50. The minimum atomic E-state index is -4.78. The molecule has 0 aliphatic carbocycles. The molecule has 17 heteroatoms. The molecule has 38 heavy (non-hydrogen) atoms. The number of pyridine rings is 1. The zero-order valence-corrected chi connectivity index (χ0v) is 22.1. The Labute approximate surface area is 223 Å². The summed E-state index contributed by atoms with van der Waals surface area (Å²) in [7, 11) is 0. The van der Waals surface area contributed by atoms with Crippen molar-refractivity contribution >= 4 is 60.8 Å². The van der Waals surface area contributed by atoms with Gasteiger partial charge in [-0.15, -0.1) is 11.3 Å². The SMILES string of the molecule is CCn1ncc(-c2cc(C(F)(F)F)nc3sc(C(N)=O)c(NC(=O)CCn4cc(Br)c([N+](=O)[O-])n4)c23)c1C. The second kappa shape index (κ2) is 10.1. The summed E-state index contributed by atoms with van der Waals surface area (Å²) < 4.78 is 44.0. The first-order chi connectivity index (χ1) is 17.8. The number of aromatic nitrogens is 5. The number of aryl methyl sites for hydroxylation is 2. The van der Waals surface area contributed by atoms with Gasteiger partial charge >= 0.3 is 12.0 Å². The number of alkyl halides is 3. The summed E-state index contributed by atoms with van der Waals surface area (Å²) in [6.07, 6.45) is -2.27. The molecule has 3 N–H and O–H groups in total. The van der Waals surface area contributed by atoms with Crippen molar-refractivity contribution in [1.29, 1.82) is 0 Å². The number of anilines is 1. The molecule has 0 aromatic carbocycles. The van der Waals surface area contributed by atoms with E-state index in [9.17, 15) is 32.9 Å². The van der Waals surface area contributed by atoms with Crippen LogP contribution in [-0.2, 0) is 24.1 Å². The largest absolute Gasteiger partial charge is 0.433 e. The number of hydrogen-bond acceptors (Lipinski definition) is 8. The zero-order chi connectivity index (χ0) is 27.9. The van der Waals surface area contributed by atoms with Gasteiger partial charge in [0.25, 0.3) is 5.91 Å². The highest BCUT2D eigenvalue weighted by Gasteiger charge is 2.35. The quantitative estimate of drug-likeness (QED) is 0.218. The number of carbonyl (C=O) groups excluding carboxylic acids is 2. The van der Waals surface area contributed by atoms with Crippen molar-refractivity contribution in [2.24, 2.45) is 5.73 Å². The van der Waals surface area contributed by atoms with E-state index in [4.69, 9.17) is 5.73 Å².